The summed E-state index contributed by atoms with van der Waals surface area (Å²) in [5.41, 5.74) is 7.85. The summed E-state index contributed by atoms with van der Waals surface area (Å²) in [5, 5.41) is 0. The van der Waals surface area contributed by atoms with Gasteiger partial charge in [-0.25, -0.2) is 0 Å². The highest BCUT2D eigenvalue weighted by Gasteiger charge is 2.35. The van der Waals surface area contributed by atoms with Crippen LogP contribution in [0.5, 0.6) is 0 Å². The fraction of sp³-hybridized carbons (Fsp3) is 0.462. The molecule has 3 nitrogen and oxygen atoms in total. The zero-order valence-electron chi connectivity index (χ0n) is 9.95. The second-order valence-corrected chi connectivity index (χ2v) is 5.20. The number of hydrogen-bond donors (Lipinski definition) is 1. The number of fused-ring (bicyclic) bond motifs is 1. The van der Waals surface area contributed by atoms with E-state index < -0.39 is 6.04 Å². The quantitative estimate of drug-likeness (QED) is 0.868. The molecule has 1 aliphatic rings. The predicted octanol–water partition coefficient (Wildman–Crippen LogP) is 2.99. The molecule has 0 spiro atoms. The second-order valence-electron chi connectivity index (χ2n) is 4.35. The van der Waals surface area contributed by atoms with Crippen molar-refractivity contribution in [2.75, 3.05) is 11.4 Å². The van der Waals surface area contributed by atoms with Crippen molar-refractivity contribution in [3.63, 3.8) is 0 Å². The normalized spacial score (nSPS) is 18.6. The summed E-state index contributed by atoms with van der Waals surface area (Å²) in [6.45, 7) is 2.92. The first kappa shape index (κ1) is 12.6. The maximum atomic E-state index is 12.1. The Kier molecular flexibility index (Phi) is 3.84. The smallest absolute Gasteiger partial charge is 0.248 e. The Balaban J connectivity index is 2.25. The standard InChI is InChI=1S/C13H17BrN2O/c1-2-3-4-8-16-10-7-5-6-9(14)11(10)12(15)13(16)17/h5-7,12H,2-4,8,15H2,1H3. The first-order chi connectivity index (χ1) is 8.16. The van der Waals surface area contributed by atoms with E-state index in [1.165, 1.54) is 0 Å². The molecule has 1 atom stereocenters. The molecule has 1 aromatic carbocycles. The van der Waals surface area contributed by atoms with Gasteiger partial charge in [0.1, 0.15) is 6.04 Å². The number of anilines is 1. The number of unbranched alkanes of at least 4 members (excludes halogenated alkanes) is 2. The van der Waals surface area contributed by atoms with Crippen LogP contribution in [0.2, 0.25) is 0 Å². The third kappa shape index (κ3) is 2.24. The highest BCUT2D eigenvalue weighted by Crippen LogP contribution is 2.39. The van der Waals surface area contributed by atoms with Gasteiger partial charge in [-0.1, -0.05) is 41.8 Å². The molecule has 0 fully saturated rings. The van der Waals surface area contributed by atoms with Gasteiger partial charge in [-0.2, -0.15) is 0 Å². The lowest BCUT2D eigenvalue weighted by Gasteiger charge is -2.17. The van der Waals surface area contributed by atoms with Crippen molar-refractivity contribution in [2.24, 2.45) is 5.73 Å². The lowest BCUT2D eigenvalue weighted by Crippen LogP contribution is -2.32. The summed E-state index contributed by atoms with van der Waals surface area (Å²) in [6, 6.07) is 5.33. The lowest BCUT2D eigenvalue weighted by molar-refractivity contribution is -0.119. The van der Waals surface area contributed by atoms with E-state index in [1.807, 2.05) is 23.1 Å². The zero-order chi connectivity index (χ0) is 12.4. The van der Waals surface area contributed by atoms with Gasteiger partial charge in [-0.15, -0.1) is 0 Å². The zero-order valence-corrected chi connectivity index (χ0v) is 11.5. The maximum Gasteiger partial charge on any atom is 0.248 e. The number of hydrogen-bond acceptors (Lipinski definition) is 2. The van der Waals surface area contributed by atoms with Gasteiger partial charge in [0.2, 0.25) is 5.91 Å². The molecular formula is C13H17BrN2O. The maximum absolute atomic E-state index is 12.1. The van der Waals surface area contributed by atoms with Crippen molar-refractivity contribution in [1.29, 1.82) is 0 Å². The van der Waals surface area contributed by atoms with E-state index in [0.717, 1.165) is 41.5 Å². The molecule has 92 valence electrons. The Morgan fingerprint density at radius 1 is 1.41 bits per heavy atom. The van der Waals surface area contributed by atoms with Crippen LogP contribution in [0.4, 0.5) is 5.69 Å². The molecule has 1 heterocycles. The SMILES string of the molecule is CCCCCN1C(=O)C(N)c2c(Br)cccc21. The summed E-state index contributed by atoms with van der Waals surface area (Å²) in [4.78, 5) is 13.9. The Morgan fingerprint density at radius 2 is 2.18 bits per heavy atom. The van der Waals surface area contributed by atoms with Crippen LogP contribution in [0.25, 0.3) is 0 Å². The molecule has 0 bridgehead atoms. The number of carbonyl (C=O) groups is 1. The van der Waals surface area contributed by atoms with Gasteiger partial charge < -0.3 is 10.6 Å². The molecule has 2 N–H and O–H groups in total. The summed E-state index contributed by atoms with van der Waals surface area (Å²) in [6.07, 6.45) is 3.32. The van der Waals surface area contributed by atoms with Gasteiger partial charge in [0.25, 0.3) is 0 Å². The predicted molar refractivity (Wildman–Crippen MR) is 72.9 cm³/mol. The van der Waals surface area contributed by atoms with Gasteiger partial charge in [-0.3, -0.25) is 4.79 Å². The number of rotatable bonds is 4. The third-order valence-electron chi connectivity index (χ3n) is 3.15. The molecule has 1 aliphatic heterocycles. The molecule has 1 unspecified atom stereocenters. The minimum absolute atomic E-state index is 0.0167. The van der Waals surface area contributed by atoms with Crippen molar-refractivity contribution in [3.05, 3.63) is 28.2 Å². The summed E-state index contributed by atoms with van der Waals surface area (Å²) < 4.78 is 0.925. The van der Waals surface area contributed by atoms with Crippen molar-refractivity contribution in [2.45, 2.75) is 32.2 Å². The lowest BCUT2D eigenvalue weighted by atomic mass is 10.1. The largest absolute Gasteiger partial charge is 0.316 e. The molecule has 1 aromatic rings. The van der Waals surface area contributed by atoms with Crippen molar-refractivity contribution < 1.29 is 4.79 Å². The average Bonchev–Trinajstić information content (AvgIpc) is 2.55. The third-order valence-corrected chi connectivity index (χ3v) is 3.84. The van der Waals surface area contributed by atoms with E-state index in [2.05, 4.69) is 22.9 Å². The van der Waals surface area contributed by atoms with Crippen LogP contribution in [0.1, 0.15) is 37.8 Å². The topological polar surface area (TPSA) is 46.3 Å². The van der Waals surface area contributed by atoms with Gasteiger partial charge in [0.05, 0.1) is 5.69 Å². The first-order valence-corrected chi connectivity index (χ1v) is 6.81. The summed E-state index contributed by atoms with van der Waals surface area (Å²) in [5.74, 6) is 0.0167. The van der Waals surface area contributed by atoms with Crippen LogP contribution in [-0.4, -0.2) is 12.5 Å². The number of nitrogens with zero attached hydrogens (tertiary/aromatic N) is 1. The van der Waals surface area contributed by atoms with E-state index in [1.54, 1.807) is 0 Å². The molecular weight excluding hydrogens is 280 g/mol. The van der Waals surface area contributed by atoms with Crippen LogP contribution < -0.4 is 10.6 Å². The van der Waals surface area contributed by atoms with Gasteiger partial charge >= 0.3 is 0 Å². The van der Waals surface area contributed by atoms with Crippen molar-refractivity contribution in [1.82, 2.24) is 0 Å². The molecule has 0 aliphatic carbocycles. The monoisotopic (exact) mass is 296 g/mol. The number of amides is 1. The number of nitrogens with two attached hydrogens (primary N) is 1. The average molecular weight is 297 g/mol. The van der Waals surface area contributed by atoms with Crippen LogP contribution >= 0.6 is 15.9 Å². The molecule has 2 rings (SSSR count). The van der Waals surface area contributed by atoms with Gasteiger partial charge in [-0.05, 0) is 18.6 Å². The molecule has 4 heteroatoms. The van der Waals surface area contributed by atoms with E-state index >= 15 is 0 Å². The molecule has 0 saturated carbocycles. The van der Waals surface area contributed by atoms with Gasteiger partial charge in [0.15, 0.2) is 0 Å². The molecule has 17 heavy (non-hydrogen) atoms. The molecule has 0 aromatic heterocycles. The summed E-state index contributed by atoms with van der Waals surface area (Å²) >= 11 is 3.47. The van der Waals surface area contributed by atoms with Crippen molar-refractivity contribution >= 4 is 27.5 Å². The highest BCUT2D eigenvalue weighted by atomic mass is 79.9. The second kappa shape index (κ2) is 5.19. The van der Waals surface area contributed by atoms with E-state index in [-0.39, 0.29) is 5.91 Å². The number of carbonyl (C=O) groups excluding carboxylic acids is 1. The van der Waals surface area contributed by atoms with Crippen LogP contribution in [0, 0.1) is 0 Å². The first-order valence-electron chi connectivity index (χ1n) is 6.02. The molecule has 0 saturated heterocycles. The minimum atomic E-state index is -0.512. The highest BCUT2D eigenvalue weighted by molar-refractivity contribution is 9.10. The van der Waals surface area contributed by atoms with Crippen molar-refractivity contribution in [3.8, 4) is 0 Å². The summed E-state index contributed by atoms with van der Waals surface area (Å²) in [7, 11) is 0. The Morgan fingerprint density at radius 3 is 2.88 bits per heavy atom. The van der Waals surface area contributed by atoms with Crippen LogP contribution in [0.15, 0.2) is 22.7 Å². The fourth-order valence-electron chi connectivity index (χ4n) is 2.23. The van der Waals surface area contributed by atoms with E-state index in [4.69, 9.17) is 5.73 Å². The molecule has 1 amide bonds. The Bertz CT molecular complexity index is 433. The van der Waals surface area contributed by atoms with Crippen LogP contribution in [-0.2, 0) is 4.79 Å². The van der Waals surface area contributed by atoms with Gasteiger partial charge in [0, 0.05) is 16.6 Å². The molecule has 0 radical (unpaired) electrons. The van der Waals surface area contributed by atoms with E-state index in [9.17, 15) is 4.79 Å². The van der Waals surface area contributed by atoms with Crippen LogP contribution in [0.3, 0.4) is 0 Å². The Labute approximate surface area is 110 Å². The Hall–Kier alpha value is -0.870. The number of benzene rings is 1. The fourth-order valence-corrected chi connectivity index (χ4v) is 2.83. The van der Waals surface area contributed by atoms with E-state index in [0.29, 0.717) is 0 Å². The minimum Gasteiger partial charge on any atom is -0.316 e. The number of halogens is 1.